The molecular formula is C16H20F3N3O2. The van der Waals surface area contributed by atoms with Crippen molar-refractivity contribution in [2.75, 3.05) is 19.8 Å². The van der Waals surface area contributed by atoms with Gasteiger partial charge in [-0.3, -0.25) is 14.7 Å². The molecule has 24 heavy (non-hydrogen) atoms. The van der Waals surface area contributed by atoms with Crippen LogP contribution in [0.4, 0.5) is 13.2 Å². The summed E-state index contributed by atoms with van der Waals surface area (Å²) >= 11 is 0. The Hall–Kier alpha value is -1.67. The van der Waals surface area contributed by atoms with Crippen LogP contribution in [0.3, 0.4) is 0 Å². The molecule has 0 saturated carbocycles. The van der Waals surface area contributed by atoms with Crippen molar-refractivity contribution in [3.05, 3.63) is 29.6 Å². The second-order valence-electron chi connectivity index (χ2n) is 6.31. The number of morpholine rings is 1. The van der Waals surface area contributed by atoms with Crippen LogP contribution in [0.5, 0.6) is 0 Å². The highest BCUT2D eigenvalue weighted by Gasteiger charge is 2.40. The lowest BCUT2D eigenvalue weighted by atomic mass is 9.90. The maximum atomic E-state index is 13.2. The number of aromatic nitrogens is 1. The fraction of sp³-hybridized carbons (Fsp3) is 0.625. The summed E-state index contributed by atoms with van der Waals surface area (Å²) in [5, 5.41) is 2.69. The van der Waals surface area contributed by atoms with Crippen molar-refractivity contribution in [1.29, 1.82) is 0 Å². The maximum absolute atomic E-state index is 13.2. The number of amides is 1. The monoisotopic (exact) mass is 343 g/mol. The van der Waals surface area contributed by atoms with Crippen LogP contribution in [0.15, 0.2) is 18.3 Å². The summed E-state index contributed by atoms with van der Waals surface area (Å²) in [5.74, 6) is -0.230. The lowest BCUT2D eigenvalue weighted by molar-refractivity contribution is -0.143. The lowest BCUT2D eigenvalue weighted by Crippen LogP contribution is -2.54. The van der Waals surface area contributed by atoms with E-state index in [-0.39, 0.29) is 23.6 Å². The van der Waals surface area contributed by atoms with Crippen LogP contribution in [0.25, 0.3) is 0 Å². The Morgan fingerprint density at radius 1 is 1.42 bits per heavy atom. The molecule has 8 heteroatoms. The molecule has 132 valence electrons. The molecule has 1 aromatic heterocycles. The molecule has 3 heterocycles. The second-order valence-corrected chi connectivity index (χ2v) is 6.31. The SMILES string of the molecule is C[C@@H]1COCCN1C1CC(=O)NC(c2cccnc2C(F)(F)F)C1. The van der Waals surface area contributed by atoms with Gasteiger partial charge < -0.3 is 10.1 Å². The Morgan fingerprint density at radius 3 is 2.92 bits per heavy atom. The topological polar surface area (TPSA) is 54.5 Å². The molecule has 0 aliphatic carbocycles. The molecule has 2 saturated heterocycles. The fourth-order valence-corrected chi connectivity index (χ4v) is 3.56. The molecule has 2 unspecified atom stereocenters. The van der Waals surface area contributed by atoms with Crippen molar-refractivity contribution in [3.8, 4) is 0 Å². The molecule has 2 aliphatic heterocycles. The number of alkyl halides is 3. The van der Waals surface area contributed by atoms with Crippen LogP contribution in [0.1, 0.15) is 37.1 Å². The summed E-state index contributed by atoms with van der Waals surface area (Å²) in [5.41, 5.74) is -0.894. The third-order valence-corrected chi connectivity index (χ3v) is 4.63. The van der Waals surface area contributed by atoms with E-state index >= 15 is 0 Å². The number of pyridine rings is 1. The molecule has 0 aromatic carbocycles. The minimum absolute atomic E-state index is 0.0314. The van der Waals surface area contributed by atoms with Gasteiger partial charge in [-0.25, -0.2) is 0 Å². The first-order chi connectivity index (χ1) is 11.4. The number of piperidine rings is 1. The molecule has 3 atom stereocenters. The third kappa shape index (κ3) is 3.54. The first kappa shape index (κ1) is 17.2. The zero-order chi connectivity index (χ0) is 17.3. The van der Waals surface area contributed by atoms with E-state index in [2.05, 4.69) is 15.2 Å². The van der Waals surface area contributed by atoms with Crippen LogP contribution >= 0.6 is 0 Å². The van der Waals surface area contributed by atoms with E-state index in [0.717, 1.165) is 6.20 Å². The van der Waals surface area contributed by atoms with Gasteiger partial charge in [0.1, 0.15) is 5.69 Å². The summed E-state index contributed by atoms with van der Waals surface area (Å²) in [6, 6.07) is 2.23. The van der Waals surface area contributed by atoms with Gasteiger partial charge in [-0.15, -0.1) is 0 Å². The van der Waals surface area contributed by atoms with Crippen molar-refractivity contribution >= 4 is 5.91 Å². The zero-order valence-corrected chi connectivity index (χ0v) is 13.3. The van der Waals surface area contributed by atoms with E-state index in [4.69, 9.17) is 4.74 Å². The Labute approximate surface area is 138 Å². The van der Waals surface area contributed by atoms with Gasteiger partial charge in [0.05, 0.1) is 19.3 Å². The average Bonchev–Trinajstić information content (AvgIpc) is 2.54. The predicted molar refractivity (Wildman–Crippen MR) is 80.1 cm³/mol. The van der Waals surface area contributed by atoms with Gasteiger partial charge in [0.15, 0.2) is 0 Å². The van der Waals surface area contributed by atoms with Crippen LogP contribution < -0.4 is 5.32 Å². The first-order valence-corrected chi connectivity index (χ1v) is 8.01. The normalized spacial score (nSPS) is 29.3. The first-order valence-electron chi connectivity index (χ1n) is 8.01. The molecule has 1 amide bonds. The Morgan fingerprint density at radius 2 is 2.21 bits per heavy atom. The quantitative estimate of drug-likeness (QED) is 0.894. The second kappa shape index (κ2) is 6.68. The third-order valence-electron chi connectivity index (χ3n) is 4.63. The number of hydrogen-bond donors (Lipinski definition) is 1. The van der Waals surface area contributed by atoms with E-state index in [9.17, 15) is 18.0 Å². The van der Waals surface area contributed by atoms with E-state index in [1.54, 1.807) is 0 Å². The van der Waals surface area contributed by atoms with Crippen LogP contribution in [0.2, 0.25) is 0 Å². The van der Waals surface area contributed by atoms with Crippen LogP contribution in [0, 0.1) is 0 Å². The number of rotatable bonds is 2. The number of halogens is 3. The standard InChI is InChI=1S/C16H20F3N3O2/c1-10-9-24-6-5-22(10)11-7-13(21-14(23)8-11)12-3-2-4-20-15(12)16(17,18)19/h2-4,10-11,13H,5-9H2,1H3,(H,21,23)/t10-,11?,13?/m1/s1. The molecule has 3 rings (SSSR count). The highest BCUT2D eigenvalue weighted by molar-refractivity contribution is 5.78. The zero-order valence-electron chi connectivity index (χ0n) is 13.3. The summed E-state index contributed by atoms with van der Waals surface area (Å²) < 4.78 is 45.0. The molecular weight excluding hydrogens is 323 g/mol. The number of carbonyl (C=O) groups is 1. The highest BCUT2D eigenvalue weighted by Crippen LogP contribution is 2.36. The number of hydrogen-bond acceptors (Lipinski definition) is 4. The van der Waals surface area contributed by atoms with Crippen LogP contribution in [-0.4, -0.2) is 47.6 Å². The van der Waals surface area contributed by atoms with Gasteiger partial charge in [-0.2, -0.15) is 13.2 Å². The predicted octanol–water partition coefficient (Wildman–Crippen LogP) is 2.14. The van der Waals surface area contributed by atoms with E-state index in [0.29, 0.717) is 32.6 Å². The molecule has 2 fully saturated rings. The van der Waals surface area contributed by atoms with Crippen molar-refractivity contribution in [3.63, 3.8) is 0 Å². The van der Waals surface area contributed by atoms with Crippen molar-refractivity contribution < 1.29 is 22.7 Å². The number of ether oxygens (including phenoxy) is 1. The number of carbonyl (C=O) groups excluding carboxylic acids is 1. The van der Waals surface area contributed by atoms with Crippen molar-refractivity contribution in [2.24, 2.45) is 0 Å². The van der Waals surface area contributed by atoms with Crippen molar-refractivity contribution in [1.82, 2.24) is 15.2 Å². The van der Waals surface area contributed by atoms with Gasteiger partial charge in [0.2, 0.25) is 5.91 Å². The number of nitrogens with one attached hydrogen (secondary N) is 1. The summed E-state index contributed by atoms with van der Waals surface area (Å²) in [6.45, 7) is 3.84. The average molecular weight is 343 g/mol. The molecule has 2 aliphatic rings. The molecule has 5 nitrogen and oxygen atoms in total. The molecule has 0 spiro atoms. The summed E-state index contributed by atoms with van der Waals surface area (Å²) in [7, 11) is 0. The highest BCUT2D eigenvalue weighted by atomic mass is 19.4. The van der Waals surface area contributed by atoms with E-state index < -0.39 is 17.9 Å². The van der Waals surface area contributed by atoms with E-state index in [1.165, 1.54) is 12.1 Å². The minimum atomic E-state index is -4.54. The fourth-order valence-electron chi connectivity index (χ4n) is 3.56. The summed E-state index contributed by atoms with van der Waals surface area (Å²) in [6.07, 6.45) is -2.69. The van der Waals surface area contributed by atoms with Gasteiger partial charge in [0.25, 0.3) is 0 Å². The van der Waals surface area contributed by atoms with Gasteiger partial charge >= 0.3 is 6.18 Å². The maximum Gasteiger partial charge on any atom is 0.433 e. The smallest absolute Gasteiger partial charge is 0.379 e. The lowest BCUT2D eigenvalue weighted by Gasteiger charge is -2.43. The Balaban J connectivity index is 1.85. The minimum Gasteiger partial charge on any atom is -0.379 e. The molecule has 0 radical (unpaired) electrons. The van der Waals surface area contributed by atoms with Crippen LogP contribution in [-0.2, 0) is 15.7 Å². The largest absolute Gasteiger partial charge is 0.433 e. The van der Waals surface area contributed by atoms with Gasteiger partial charge in [-0.1, -0.05) is 6.07 Å². The number of nitrogens with zero attached hydrogens (tertiary/aromatic N) is 2. The molecule has 0 bridgehead atoms. The summed E-state index contributed by atoms with van der Waals surface area (Å²) in [4.78, 5) is 17.8. The van der Waals surface area contributed by atoms with Crippen molar-refractivity contribution in [2.45, 2.75) is 44.1 Å². The Bertz CT molecular complexity index is 608. The molecule has 1 aromatic rings. The van der Waals surface area contributed by atoms with Gasteiger partial charge in [-0.05, 0) is 19.4 Å². The molecule has 1 N–H and O–H groups in total. The Kier molecular flexibility index (Phi) is 4.78. The van der Waals surface area contributed by atoms with Gasteiger partial charge in [0, 0.05) is 36.8 Å². The van der Waals surface area contributed by atoms with E-state index in [1.807, 2.05) is 6.92 Å².